The van der Waals surface area contributed by atoms with E-state index in [4.69, 9.17) is 4.74 Å². The zero-order valence-electron chi connectivity index (χ0n) is 15.2. The summed E-state index contributed by atoms with van der Waals surface area (Å²) in [6.45, 7) is 1.99. The number of nitrogens with zero attached hydrogens (tertiary/aromatic N) is 1. The number of methoxy groups -OCH3 is 1. The number of carbonyl (C=O) groups is 2. The van der Waals surface area contributed by atoms with E-state index >= 15 is 0 Å². The van der Waals surface area contributed by atoms with E-state index in [1.54, 1.807) is 0 Å². The van der Waals surface area contributed by atoms with Crippen LogP contribution in [0, 0.1) is 5.92 Å². The highest BCUT2D eigenvalue weighted by Crippen LogP contribution is 2.55. The monoisotopic (exact) mass is 360 g/mol. The summed E-state index contributed by atoms with van der Waals surface area (Å²) in [4.78, 5) is 28.1. The van der Waals surface area contributed by atoms with Gasteiger partial charge >= 0.3 is 5.97 Å². The van der Waals surface area contributed by atoms with Gasteiger partial charge in [0.1, 0.15) is 0 Å². The number of benzene rings is 1. The molecule has 2 bridgehead atoms. The fraction of sp³-hybridized carbons (Fsp3) is 0.273. The number of aromatic amines is 1. The fourth-order valence-electron chi connectivity index (χ4n) is 5.12. The molecule has 136 valence electrons. The van der Waals surface area contributed by atoms with Gasteiger partial charge in [0.05, 0.1) is 24.8 Å². The molecule has 0 fully saturated rings. The highest BCUT2D eigenvalue weighted by Gasteiger charge is 2.48. The Balaban J connectivity index is 1.87. The van der Waals surface area contributed by atoms with Crippen LogP contribution in [0.5, 0.6) is 0 Å². The first-order valence-electron chi connectivity index (χ1n) is 9.20. The number of carbonyl (C=O) groups excluding carboxylic acids is 2. The zero-order chi connectivity index (χ0) is 18.7. The summed E-state index contributed by atoms with van der Waals surface area (Å²) in [6, 6.07) is 11.9. The van der Waals surface area contributed by atoms with Gasteiger partial charge in [-0.3, -0.25) is 9.59 Å². The van der Waals surface area contributed by atoms with Gasteiger partial charge in [-0.2, -0.15) is 0 Å². The van der Waals surface area contributed by atoms with Crippen LogP contribution in [0.2, 0.25) is 0 Å². The Hall–Kier alpha value is -3.08. The minimum atomic E-state index is -0.355. The number of ether oxygens (including phenoxy) is 1. The van der Waals surface area contributed by atoms with E-state index in [2.05, 4.69) is 15.6 Å². The molecule has 0 saturated heterocycles. The van der Waals surface area contributed by atoms with Crippen LogP contribution in [0.25, 0.3) is 16.5 Å². The molecule has 0 amide bonds. The molecule has 0 unspecified atom stereocenters. The molecule has 0 radical (unpaired) electrons. The molecule has 3 aromatic rings. The number of rotatable bonds is 2. The smallest absolute Gasteiger partial charge is 0.313 e. The van der Waals surface area contributed by atoms with Gasteiger partial charge < -0.3 is 14.3 Å². The Morgan fingerprint density at radius 1 is 1.26 bits per heavy atom. The molecule has 5 nitrogen and oxygen atoms in total. The topological polar surface area (TPSA) is 64.1 Å². The van der Waals surface area contributed by atoms with Crippen molar-refractivity contribution in [2.24, 2.45) is 5.92 Å². The molecule has 5 rings (SSSR count). The standard InChI is InChI=1S/C22H20N2O3/c1-3-13-15-10-18(24-12(11-25)8-9-17(13)24)21-19(20(15)22(26)27-2)14-6-4-5-7-16(14)23-21/h3-9,11,15,18,20,23H,10H2,1-2H3/b13-3+/t15-,18-,20+/m0/s1. The first kappa shape index (κ1) is 16.1. The van der Waals surface area contributed by atoms with Crippen LogP contribution in [-0.2, 0) is 9.53 Å². The van der Waals surface area contributed by atoms with Crippen molar-refractivity contribution in [3.63, 3.8) is 0 Å². The summed E-state index contributed by atoms with van der Waals surface area (Å²) < 4.78 is 7.33. The van der Waals surface area contributed by atoms with Gasteiger partial charge in [0.2, 0.25) is 0 Å². The summed E-state index contributed by atoms with van der Waals surface area (Å²) in [7, 11) is 1.45. The minimum Gasteiger partial charge on any atom is -0.469 e. The maximum absolute atomic E-state index is 12.9. The molecule has 27 heavy (non-hydrogen) atoms. The highest BCUT2D eigenvalue weighted by atomic mass is 16.5. The average molecular weight is 360 g/mol. The Labute approximate surface area is 156 Å². The van der Waals surface area contributed by atoms with E-state index in [-0.39, 0.29) is 23.8 Å². The van der Waals surface area contributed by atoms with Crippen molar-refractivity contribution in [2.45, 2.75) is 25.3 Å². The molecule has 1 N–H and O–H groups in total. The summed E-state index contributed by atoms with van der Waals surface area (Å²) in [5.41, 5.74) is 5.80. The molecular formula is C22H20N2O3. The second-order valence-electron chi connectivity index (χ2n) is 7.23. The number of fused-ring (bicyclic) bond motifs is 8. The van der Waals surface area contributed by atoms with Crippen LogP contribution >= 0.6 is 0 Å². The Bertz CT molecular complexity index is 1120. The molecule has 0 spiro atoms. The highest BCUT2D eigenvalue weighted by molar-refractivity contribution is 5.94. The van der Waals surface area contributed by atoms with Crippen LogP contribution in [0.1, 0.15) is 52.7 Å². The Morgan fingerprint density at radius 2 is 2.07 bits per heavy atom. The van der Waals surface area contributed by atoms with E-state index in [1.165, 1.54) is 7.11 Å². The van der Waals surface area contributed by atoms with Crippen LogP contribution < -0.4 is 0 Å². The van der Waals surface area contributed by atoms with Crippen LogP contribution in [0.4, 0.5) is 0 Å². The predicted octanol–water partition coefficient (Wildman–Crippen LogP) is 4.06. The largest absolute Gasteiger partial charge is 0.469 e. The second-order valence-corrected chi connectivity index (χ2v) is 7.23. The number of hydrogen-bond donors (Lipinski definition) is 1. The van der Waals surface area contributed by atoms with E-state index in [9.17, 15) is 9.59 Å². The maximum atomic E-state index is 12.9. The molecule has 5 heteroatoms. The molecule has 2 aliphatic rings. The maximum Gasteiger partial charge on any atom is 0.313 e. The summed E-state index contributed by atoms with van der Waals surface area (Å²) in [5, 5.41) is 1.05. The molecule has 0 saturated carbocycles. The van der Waals surface area contributed by atoms with Crippen molar-refractivity contribution in [2.75, 3.05) is 7.11 Å². The second kappa shape index (κ2) is 5.71. The first-order valence-corrected chi connectivity index (χ1v) is 9.20. The van der Waals surface area contributed by atoms with Crippen molar-refractivity contribution < 1.29 is 14.3 Å². The van der Waals surface area contributed by atoms with Crippen molar-refractivity contribution in [1.82, 2.24) is 9.55 Å². The van der Waals surface area contributed by atoms with Gasteiger partial charge in [-0.05, 0) is 42.7 Å². The third-order valence-corrected chi connectivity index (χ3v) is 6.14. The van der Waals surface area contributed by atoms with Crippen molar-refractivity contribution in [3.05, 3.63) is 65.1 Å². The van der Waals surface area contributed by atoms with E-state index in [0.717, 1.165) is 46.1 Å². The molecule has 3 atom stereocenters. The summed E-state index contributed by atoms with van der Waals surface area (Å²) in [6.07, 6.45) is 3.74. The normalized spacial score (nSPS) is 24.5. The molecule has 1 aliphatic heterocycles. The average Bonchev–Trinajstić information content (AvgIpc) is 3.30. The quantitative estimate of drug-likeness (QED) is 0.554. The number of aldehydes is 1. The third-order valence-electron chi connectivity index (χ3n) is 6.14. The number of aromatic nitrogens is 2. The van der Waals surface area contributed by atoms with Crippen LogP contribution in [0.15, 0.2) is 42.5 Å². The van der Waals surface area contributed by atoms with Gasteiger partial charge in [-0.1, -0.05) is 24.3 Å². The Kier molecular flexibility index (Phi) is 3.41. The number of H-pyrrole nitrogens is 1. The molecule has 1 aliphatic carbocycles. The predicted molar refractivity (Wildman–Crippen MR) is 103 cm³/mol. The summed E-state index contributed by atoms with van der Waals surface area (Å²) in [5.74, 6) is -0.535. The first-order chi connectivity index (χ1) is 13.2. The molecular weight excluding hydrogens is 340 g/mol. The molecule has 3 heterocycles. The number of allylic oxidation sites excluding steroid dienone is 2. The minimum absolute atomic E-state index is 0.00667. The number of hydrogen-bond acceptors (Lipinski definition) is 3. The number of para-hydroxylation sites is 1. The van der Waals surface area contributed by atoms with Gasteiger partial charge in [-0.15, -0.1) is 0 Å². The van der Waals surface area contributed by atoms with Crippen LogP contribution in [0.3, 0.4) is 0 Å². The lowest BCUT2D eigenvalue weighted by Crippen LogP contribution is -2.37. The van der Waals surface area contributed by atoms with Gasteiger partial charge in [0, 0.05) is 28.2 Å². The third kappa shape index (κ3) is 1.99. The van der Waals surface area contributed by atoms with Gasteiger partial charge in [-0.25, -0.2) is 0 Å². The van der Waals surface area contributed by atoms with E-state index < -0.39 is 0 Å². The lowest BCUT2D eigenvalue weighted by atomic mass is 9.68. The zero-order valence-corrected chi connectivity index (χ0v) is 15.2. The number of nitrogens with one attached hydrogen (secondary N) is 1. The number of esters is 1. The van der Waals surface area contributed by atoms with E-state index in [0.29, 0.717) is 5.69 Å². The SMILES string of the molecule is C/C=C1/c2ccc(C=O)n2[C@H]2C[C@@H]1[C@@H](C(=O)OC)c1c2[nH]c2ccccc12. The van der Waals surface area contributed by atoms with Crippen molar-refractivity contribution in [1.29, 1.82) is 0 Å². The van der Waals surface area contributed by atoms with Crippen LogP contribution in [-0.4, -0.2) is 28.9 Å². The van der Waals surface area contributed by atoms with E-state index in [1.807, 2.05) is 43.3 Å². The fourth-order valence-corrected chi connectivity index (χ4v) is 5.12. The Morgan fingerprint density at radius 3 is 2.81 bits per heavy atom. The summed E-state index contributed by atoms with van der Waals surface area (Å²) >= 11 is 0. The van der Waals surface area contributed by atoms with Gasteiger partial charge in [0.25, 0.3) is 0 Å². The molecule has 1 aromatic carbocycles. The lowest BCUT2D eigenvalue weighted by molar-refractivity contribution is -0.143. The van der Waals surface area contributed by atoms with Crippen molar-refractivity contribution in [3.8, 4) is 0 Å². The molecule has 2 aromatic heterocycles. The van der Waals surface area contributed by atoms with Gasteiger partial charge in [0.15, 0.2) is 6.29 Å². The lowest BCUT2D eigenvalue weighted by Gasteiger charge is -2.42. The van der Waals surface area contributed by atoms with Crippen molar-refractivity contribution >= 4 is 28.7 Å².